The minimum absolute atomic E-state index is 0.0405. The lowest BCUT2D eigenvalue weighted by atomic mass is 9.90. The first kappa shape index (κ1) is 17.5. The molecule has 2 aromatic carbocycles. The molecule has 1 fully saturated rings. The van der Waals surface area contributed by atoms with Crippen LogP contribution in [0.5, 0.6) is 0 Å². The van der Waals surface area contributed by atoms with Crippen molar-refractivity contribution in [1.82, 2.24) is 9.88 Å². The van der Waals surface area contributed by atoms with E-state index < -0.39 is 0 Å². The van der Waals surface area contributed by atoms with E-state index in [-0.39, 0.29) is 5.91 Å². The van der Waals surface area contributed by atoms with Gasteiger partial charge in [0.15, 0.2) is 5.58 Å². The summed E-state index contributed by atoms with van der Waals surface area (Å²) >= 11 is 0. The molecule has 0 saturated carbocycles. The van der Waals surface area contributed by atoms with Gasteiger partial charge in [-0.25, -0.2) is 4.98 Å². The van der Waals surface area contributed by atoms with Crippen LogP contribution in [-0.2, 0) is 11.2 Å². The van der Waals surface area contributed by atoms with E-state index in [2.05, 4.69) is 35.3 Å². The first-order valence-corrected chi connectivity index (χ1v) is 9.64. The molecule has 0 bridgehead atoms. The average Bonchev–Trinajstić information content (AvgIpc) is 3.15. The largest absolute Gasteiger partial charge is 0.437 e. The predicted octanol–water partition coefficient (Wildman–Crippen LogP) is 4.71. The summed E-state index contributed by atoms with van der Waals surface area (Å²) in [6, 6.07) is 18.2. The Hall–Kier alpha value is -2.88. The van der Waals surface area contributed by atoms with Crippen LogP contribution in [-0.4, -0.2) is 28.9 Å². The van der Waals surface area contributed by atoms with Crippen LogP contribution in [0.1, 0.15) is 30.7 Å². The number of piperidine rings is 1. The summed E-state index contributed by atoms with van der Waals surface area (Å²) in [5, 5.41) is 0. The molecule has 1 aliphatic heterocycles. The Morgan fingerprint density at radius 1 is 1.07 bits per heavy atom. The van der Waals surface area contributed by atoms with Crippen LogP contribution >= 0.6 is 0 Å². The van der Waals surface area contributed by atoms with Crippen molar-refractivity contribution in [3.05, 3.63) is 72.1 Å². The smallest absolute Gasteiger partial charge is 0.246 e. The highest BCUT2D eigenvalue weighted by atomic mass is 16.3. The van der Waals surface area contributed by atoms with E-state index in [1.807, 2.05) is 29.2 Å². The van der Waals surface area contributed by atoms with Gasteiger partial charge < -0.3 is 9.32 Å². The third kappa shape index (κ3) is 4.45. The molecule has 1 aliphatic rings. The molecule has 1 saturated heterocycles. The van der Waals surface area contributed by atoms with E-state index in [1.54, 1.807) is 12.2 Å². The van der Waals surface area contributed by atoms with Gasteiger partial charge >= 0.3 is 0 Å². The summed E-state index contributed by atoms with van der Waals surface area (Å²) in [6.07, 6.45) is 7.73. The van der Waals surface area contributed by atoms with Gasteiger partial charge in [0.25, 0.3) is 0 Å². The van der Waals surface area contributed by atoms with Crippen LogP contribution in [0, 0.1) is 5.92 Å². The number of nitrogens with zero attached hydrogens (tertiary/aromatic N) is 2. The van der Waals surface area contributed by atoms with E-state index in [1.165, 1.54) is 12.0 Å². The van der Waals surface area contributed by atoms with Crippen molar-refractivity contribution in [2.75, 3.05) is 13.1 Å². The Balaban J connectivity index is 1.27. The lowest BCUT2D eigenvalue weighted by Crippen LogP contribution is -2.37. The van der Waals surface area contributed by atoms with Crippen LogP contribution in [0.2, 0.25) is 0 Å². The summed E-state index contributed by atoms with van der Waals surface area (Å²) in [5.41, 5.74) is 2.95. The first-order valence-electron chi connectivity index (χ1n) is 9.64. The normalized spacial score (nSPS) is 15.6. The summed E-state index contributed by atoms with van der Waals surface area (Å²) in [5.74, 6) is 1.22. The molecule has 0 atom stereocenters. The van der Waals surface area contributed by atoms with E-state index in [9.17, 15) is 4.79 Å². The number of hydrogen-bond acceptors (Lipinski definition) is 3. The van der Waals surface area contributed by atoms with Crippen LogP contribution < -0.4 is 0 Å². The van der Waals surface area contributed by atoms with Crippen LogP contribution in [0.15, 0.2) is 65.1 Å². The number of hydrogen-bond donors (Lipinski definition) is 0. The maximum atomic E-state index is 12.4. The molecule has 0 N–H and O–H groups in total. The number of para-hydroxylation sites is 2. The Bertz CT molecular complexity index is 889. The Morgan fingerprint density at radius 3 is 2.59 bits per heavy atom. The number of likely N-dealkylation sites (tertiary alicyclic amines) is 1. The number of carbonyl (C=O) groups is 1. The Morgan fingerprint density at radius 2 is 1.81 bits per heavy atom. The standard InChI is InChI=1S/C23H24N2O2/c26-23(13-12-22-24-20-8-4-5-9-21(20)27-22)25-16-14-19(15-17-25)11-10-18-6-2-1-3-7-18/h1-9,12-13,19H,10-11,14-17H2/b13-12+. The second-order valence-electron chi connectivity index (χ2n) is 7.15. The molecule has 138 valence electrons. The fourth-order valence-corrected chi connectivity index (χ4v) is 3.67. The van der Waals surface area contributed by atoms with Gasteiger partial charge in [-0.15, -0.1) is 0 Å². The van der Waals surface area contributed by atoms with Crippen LogP contribution in [0.4, 0.5) is 0 Å². The van der Waals surface area contributed by atoms with Crippen molar-refractivity contribution < 1.29 is 9.21 Å². The monoisotopic (exact) mass is 360 g/mol. The molecule has 1 amide bonds. The van der Waals surface area contributed by atoms with Gasteiger partial charge in [0.05, 0.1) is 0 Å². The zero-order valence-electron chi connectivity index (χ0n) is 15.4. The van der Waals surface area contributed by atoms with Crippen molar-refractivity contribution in [1.29, 1.82) is 0 Å². The van der Waals surface area contributed by atoms with Crippen LogP contribution in [0.3, 0.4) is 0 Å². The molecule has 1 aromatic heterocycles. The highest BCUT2D eigenvalue weighted by Crippen LogP contribution is 2.23. The van der Waals surface area contributed by atoms with E-state index in [0.29, 0.717) is 11.8 Å². The van der Waals surface area contributed by atoms with Crippen molar-refractivity contribution >= 4 is 23.1 Å². The molecule has 0 unspecified atom stereocenters. The van der Waals surface area contributed by atoms with E-state index in [0.717, 1.165) is 43.5 Å². The second kappa shape index (κ2) is 8.21. The summed E-state index contributed by atoms with van der Waals surface area (Å²) in [7, 11) is 0. The van der Waals surface area contributed by atoms with Gasteiger partial charge in [-0.2, -0.15) is 0 Å². The quantitative estimate of drug-likeness (QED) is 0.619. The number of benzene rings is 2. The lowest BCUT2D eigenvalue weighted by Gasteiger charge is -2.31. The van der Waals surface area contributed by atoms with Crippen molar-refractivity contribution in [2.45, 2.75) is 25.7 Å². The van der Waals surface area contributed by atoms with Gasteiger partial charge in [0.2, 0.25) is 11.8 Å². The third-order valence-electron chi connectivity index (χ3n) is 5.29. The maximum Gasteiger partial charge on any atom is 0.246 e. The maximum absolute atomic E-state index is 12.4. The van der Waals surface area contributed by atoms with Crippen molar-refractivity contribution in [2.24, 2.45) is 5.92 Å². The van der Waals surface area contributed by atoms with E-state index >= 15 is 0 Å². The van der Waals surface area contributed by atoms with Crippen molar-refractivity contribution in [3.8, 4) is 0 Å². The number of carbonyl (C=O) groups excluding carboxylic acids is 1. The number of fused-ring (bicyclic) bond motifs is 1. The molecular formula is C23H24N2O2. The van der Waals surface area contributed by atoms with E-state index in [4.69, 9.17) is 4.42 Å². The molecule has 2 heterocycles. The fourth-order valence-electron chi connectivity index (χ4n) is 3.67. The molecule has 4 heteroatoms. The SMILES string of the molecule is O=C(/C=C/c1nc2ccccc2o1)N1CCC(CCc2ccccc2)CC1. The topological polar surface area (TPSA) is 46.3 Å². The number of amides is 1. The van der Waals surface area contributed by atoms with Gasteiger partial charge in [-0.05, 0) is 49.3 Å². The Kier molecular flexibility index (Phi) is 5.33. The summed E-state index contributed by atoms with van der Waals surface area (Å²) in [4.78, 5) is 18.7. The molecule has 27 heavy (non-hydrogen) atoms. The molecule has 4 rings (SSSR count). The summed E-state index contributed by atoms with van der Waals surface area (Å²) < 4.78 is 5.63. The molecule has 0 spiro atoms. The third-order valence-corrected chi connectivity index (χ3v) is 5.29. The second-order valence-corrected chi connectivity index (χ2v) is 7.15. The van der Waals surface area contributed by atoms with Gasteiger partial charge in [0, 0.05) is 25.2 Å². The summed E-state index contributed by atoms with van der Waals surface area (Å²) in [6.45, 7) is 1.66. The average molecular weight is 360 g/mol. The highest BCUT2D eigenvalue weighted by molar-refractivity contribution is 5.91. The molecule has 4 nitrogen and oxygen atoms in total. The van der Waals surface area contributed by atoms with Gasteiger partial charge in [-0.1, -0.05) is 42.5 Å². The minimum atomic E-state index is 0.0405. The highest BCUT2D eigenvalue weighted by Gasteiger charge is 2.21. The number of oxazole rings is 1. The van der Waals surface area contributed by atoms with Gasteiger partial charge in [0.1, 0.15) is 5.52 Å². The van der Waals surface area contributed by atoms with Crippen molar-refractivity contribution in [3.63, 3.8) is 0 Å². The number of aromatic nitrogens is 1. The molecule has 0 radical (unpaired) electrons. The van der Waals surface area contributed by atoms with Crippen LogP contribution in [0.25, 0.3) is 17.2 Å². The van der Waals surface area contributed by atoms with Gasteiger partial charge in [-0.3, -0.25) is 4.79 Å². The zero-order valence-corrected chi connectivity index (χ0v) is 15.4. The lowest BCUT2D eigenvalue weighted by molar-refractivity contribution is -0.127. The predicted molar refractivity (Wildman–Crippen MR) is 107 cm³/mol. The number of rotatable bonds is 5. The first-order chi connectivity index (χ1) is 13.3. The number of aryl methyl sites for hydroxylation is 1. The minimum Gasteiger partial charge on any atom is -0.437 e. The Labute approximate surface area is 159 Å². The fraction of sp³-hybridized carbons (Fsp3) is 0.304. The molecular weight excluding hydrogens is 336 g/mol. The molecule has 0 aliphatic carbocycles. The zero-order chi connectivity index (χ0) is 18.5. The molecule has 3 aromatic rings.